The average Bonchev–Trinajstić information content (AvgIpc) is 3.32. The van der Waals surface area contributed by atoms with Crippen molar-refractivity contribution in [2.45, 2.75) is 45.3 Å². The fraction of sp³-hybridized carbons (Fsp3) is 0.409. The van der Waals surface area contributed by atoms with Gasteiger partial charge in [0.15, 0.2) is 0 Å². The average molecular weight is 394 g/mol. The summed E-state index contributed by atoms with van der Waals surface area (Å²) in [6.07, 6.45) is 6.78. The molecule has 7 heteroatoms. The molecule has 0 saturated carbocycles. The summed E-state index contributed by atoms with van der Waals surface area (Å²) in [7, 11) is 0. The van der Waals surface area contributed by atoms with Gasteiger partial charge in [-0.2, -0.15) is 0 Å². The normalized spacial score (nSPS) is 16.9. The van der Waals surface area contributed by atoms with Gasteiger partial charge in [0.25, 0.3) is 0 Å². The topological polar surface area (TPSA) is 80.3 Å². The van der Waals surface area contributed by atoms with E-state index in [0.717, 1.165) is 35.1 Å². The van der Waals surface area contributed by atoms with E-state index in [2.05, 4.69) is 15.0 Å². The number of nitrogens with one attached hydrogen (secondary N) is 1. The maximum Gasteiger partial charge on any atom is 0.410 e. The highest BCUT2D eigenvalue weighted by Crippen LogP contribution is 2.31. The summed E-state index contributed by atoms with van der Waals surface area (Å²) in [6, 6.07) is 7.80. The quantitative estimate of drug-likeness (QED) is 0.709. The van der Waals surface area contributed by atoms with E-state index in [1.165, 1.54) is 0 Å². The van der Waals surface area contributed by atoms with Crippen molar-refractivity contribution >= 4 is 17.1 Å². The second kappa shape index (κ2) is 7.73. The molecule has 0 spiro atoms. The minimum atomic E-state index is -0.509. The molecule has 7 nitrogen and oxygen atoms in total. The molecule has 1 saturated heterocycles. The Kier molecular flexibility index (Phi) is 5.13. The summed E-state index contributed by atoms with van der Waals surface area (Å²) in [5.74, 6) is 0.676. The predicted molar refractivity (Wildman–Crippen MR) is 111 cm³/mol. The molecule has 0 unspecified atom stereocenters. The van der Waals surface area contributed by atoms with E-state index in [9.17, 15) is 4.79 Å². The third-order valence-electron chi connectivity index (χ3n) is 4.90. The van der Waals surface area contributed by atoms with Crippen LogP contribution in [0.4, 0.5) is 4.79 Å². The van der Waals surface area contributed by atoms with E-state index < -0.39 is 5.60 Å². The van der Waals surface area contributed by atoms with Crippen molar-refractivity contribution in [1.29, 1.82) is 0 Å². The van der Waals surface area contributed by atoms with Crippen molar-refractivity contribution in [3.05, 3.63) is 42.9 Å². The van der Waals surface area contributed by atoms with Crippen LogP contribution in [-0.2, 0) is 4.74 Å². The third-order valence-corrected chi connectivity index (χ3v) is 4.90. The fourth-order valence-electron chi connectivity index (χ4n) is 3.57. The van der Waals surface area contributed by atoms with E-state index in [4.69, 9.17) is 9.47 Å². The van der Waals surface area contributed by atoms with Crippen molar-refractivity contribution in [1.82, 2.24) is 19.9 Å². The van der Waals surface area contributed by atoms with Crippen LogP contribution < -0.4 is 4.74 Å². The van der Waals surface area contributed by atoms with Crippen molar-refractivity contribution in [3.63, 3.8) is 0 Å². The Labute approximate surface area is 170 Å². The number of ether oxygens (including phenoxy) is 2. The highest BCUT2D eigenvalue weighted by Gasteiger charge is 2.32. The van der Waals surface area contributed by atoms with Crippen LogP contribution in [0.5, 0.6) is 5.75 Å². The van der Waals surface area contributed by atoms with E-state index in [1.54, 1.807) is 23.5 Å². The van der Waals surface area contributed by atoms with Crippen LogP contribution in [0.3, 0.4) is 0 Å². The SMILES string of the molecule is CC(C)(C)OC(=O)N1CCC[C@@H]1COc1cnccc1-c1cc2ncccc2[nH]1. The molecular weight excluding hydrogens is 368 g/mol. The van der Waals surface area contributed by atoms with Crippen LogP contribution in [0.1, 0.15) is 33.6 Å². The molecule has 0 aromatic carbocycles. The summed E-state index contributed by atoms with van der Waals surface area (Å²) in [5, 5.41) is 0. The Hall–Kier alpha value is -3.09. The Bertz CT molecular complexity index is 975. The largest absolute Gasteiger partial charge is 0.489 e. The standard InChI is InChI=1S/C22H26N4O3/c1-22(2,3)29-21(27)26-11-5-6-15(26)14-28-20-13-23-10-8-16(20)18-12-19-17(25-18)7-4-9-24-19/h4,7-10,12-13,15,25H,5-6,11,14H2,1-3H3/t15-/m1/s1. The number of hydrogen-bond donors (Lipinski definition) is 1. The number of H-pyrrole nitrogens is 1. The first-order chi connectivity index (χ1) is 13.9. The lowest BCUT2D eigenvalue weighted by molar-refractivity contribution is 0.0187. The highest BCUT2D eigenvalue weighted by molar-refractivity contribution is 5.83. The van der Waals surface area contributed by atoms with Crippen molar-refractivity contribution in [2.75, 3.05) is 13.2 Å². The van der Waals surface area contributed by atoms with E-state index >= 15 is 0 Å². The van der Waals surface area contributed by atoms with Gasteiger partial charge in [-0.15, -0.1) is 0 Å². The Morgan fingerprint density at radius 2 is 2.17 bits per heavy atom. The first-order valence-corrected chi connectivity index (χ1v) is 9.91. The number of pyridine rings is 2. The maximum absolute atomic E-state index is 12.5. The monoisotopic (exact) mass is 394 g/mol. The summed E-state index contributed by atoms with van der Waals surface area (Å²) in [4.78, 5) is 26.2. The lowest BCUT2D eigenvalue weighted by Crippen LogP contribution is -2.42. The van der Waals surface area contributed by atoms with Crippen LogP contribution >= 0.6 is 0 Å². The Morgan fingerprint density at radius 1 is 1.31 bits per heavy atom. The number of carbonyl (C=O) groups is 1. The molecule has 0 aliphatic carbocycles. The zero-order valence-corrected chi connectivity index (χ0v) is 17.0. The molecule has 0 radical (unpaired) electrons. The van der Waals surface area contributed by atoms with Crippen molar-refractivity contribution in [3.8, 4) is 17.0 Å². The number of aromatic amines is 1. The van der Waals surface area contributed by atoms with Gasteiger partial charge in [0, 0.05) is 24.5 Å². The number of hydrogen-bond acceptors (Lipinski definition) is 5. The number of rotatable bonds is 4. The zero-order chi connectivity index (χ0) is 20.4. The molecule has 1 fully saturated rings. The molecule has 4 heterocycles. The maximum atomic E-state index is 12.5. The molecule has 0 bridgehead atoms. The first kappa shape index (κ1) is 19.2. The number of likely N-dealkylation sites (tertiary alicyclic amines) is 1. The molecule has 1 aliphatic rings. The molecule has 3 aromatic rings. The summed E-state index contributed by atoms with van der Waals surface area (Å²) in [5.41, 5.74) is 3.20. The van der Waals surface area contributed by atoms with Crippen molar-refractivity contribution < 1.29 is 14.3 Å². The molecule has 1 amide bonds. The predicted octanol–water partition coefficient (Wildman–Crippen LogP) is 4.40. The second-order valence-corrected chi connectivity index (χ2v) is 8.27. The number of carbonyl (C=O) groups excluding carboxylic acids is 1. The molecule has 1 N–H and O–H groups in total. The molecular formula is C22H26N4O3. The zero-order valence-electron chi connectivity index (χ0n) is 17.0. The van der Waals surface area contributed by atoms with Gasteiger partial charge in [0.2, 0.25) is 0 Å². The molecule has 4 rings (SSSR count). The van der Waals surface area contributed by atoms with E-state index in [-0.39, 0.29) is 12.1 Å². The second-order valence-electron chi connectivity index (χ2n) is 8.27. The van der Waals surface area contributed by atoms with Gasteiger partial charge in [0.05, 0.1) is 29.0 Å². The van der Waals surface area contributed by atoms with Gasteiger partial charge in [-0.25, -0.2) is 4.79 Å². The lowest BCUT2D eigenvalue weighted by Gasteiger charge is -2.28. The van der Waals surface area contributed by atoms with Crippen molar-refractivity contribution in [2.24, 2.45) is 0 Å². The van der Waals surface area contributed by atoms with E-state index in [0.29, 0.717) is 18.9 Å². The van der Waals surface area contributed by atoms with Gasteiger partial charge < -0.3 is 19.4 Å². The molecule has 29 heavy (non-hydrogen) atoms. The molecule has 152 valence electrons. The Morgan fingerprint density at radius 3 is 2.97 bits per heavy atom. The van der Waals surface area contributed by atoms with Gasteiger partial charge in [-0.1, -0.05) is 0 Å². The molecule has 1 aliphatic heterocycles. The minimum absolute atomic E-state index is 0.0118. The minimum Gasteiger partial charge on any atom is -0.489 e. The lowest BCUT2D eigenvalue weighted by atomic mass is 10.2. The van der Waals surface area contributed by atoms with Crippen LogP contribution in [0.15, 0.2) is 42.9 Å². The smallest absolute Gasteiger partial charge is 0.410 e. The summed E-state index contributed by atoms with van der Waals surface area (Å²) < 4.78 is 11.7. The highest BCUT2D eigenvalue weighted by atomic mass is 16.6. The van der Waals surface area contributed by atoms with Gasteiger partial charge in [0.1, 0.15) is 18.0 Å². The first-order valence-electron chi connectivity index (χ1n) is 9.91. The van der Waals surface area contributed by atoms with Gasteiger partial charge in [-0.05, 0) is 57.9 Å². The number of fused-ring (bicyclic) bond motifs is 1. The van der Waals surface area contributed by atoms with Crippen LogP contribution in [0.25, 0.3) is 22.3 Å². The number of nitrogens with zero attached hydrogens (tertiary/aromatic N) is 3. The van der Waals surface area contributed by atoms with Crippen LogP contribution in [0, 0.1) is 0 Å². The van der Waals surface area contributed by atoms with Crippen LogP contribution in [0.2, 0.25) is 0 Å². The molecule has 1 atom stereocenters. The van der Waals surface area contributed by atoms with Gasteiger partial charge in [-0.3, -0.25) is 9.97 Å². The third kappa shape index (κ3) is 4.34. The number of amides is 1. The fourth-order valence-corrected chi connectivity index (χ4v) is 3.57. The van der Waals surface area contributed by atoms with Gasteiger partial charge >= 0.3 is 6.09 Å². The van der Waals surface area contributed by atoms with E-state index in [1.807, 2.05) is 45.0 Å². The Balaban J connectivity index is 1.50. The van der Waals surface area contributed by atoms with Crippen LogP contribution in [-0.4, -0.2) is 50.7 Å². The molecule has 3 aromatic heterocycles. The number of aromatic nitrogens is 3. The summed E-state index contributed by atoms with van der Waals surface area (Å²) in [6.45, 7) is 6.73. The summed E-state index contributed by atoms with van der Waals surface area (Å²) >= 11 is 0.